The Morgan fingerprint density at radius 3 is 2.90 bits per heavy atom. The van der Waals surface area contributed by atoms with Crippen molar-refractivity contribution < 1.29 is 0 Å². The fourth-order valence-electron chi connectivity index (χ4n) is 2.37. The molecule has 2 rings (SSSR count). The topological polar surface area (TPSA) is 29.3 Å². The van der Waals surface area contributed by atoms with Gasteiger partial charge in [-0.1, -0.05) is 0 Å². The number of rotatable bonds is 0. The molecule has 0 radical (unpaired) electrons. The second-order valence-corrected chi connectivity index (χ2v) is 3.87. The number of likely N-dealkylation sites (tertiary alicyclic amines) is 1. The first-order valence-electron chi connectivity index (χ1n) is 4.21. The summed E-state index contributed by atoms with van der Waals surface area (Å²) in [5.41, 5.74) is 5.86. The quantitative estimate of drug-likeness (QED) is 0.524. The maximum absolute atomic E-state index is 5.86. The molecule has 2 N–H and O–H groups in total. The van der Waals surface area contributed by atoms with E-state index in [0.29, 0.717) is 6.04 Å². The Morgan fingerprint density at radius 2 is 2.30 bits per heavy atom. The zero-order valence-electron chi connectivity index (χ0n) is 6.59. The number of hydrogen-bond donors (Lipinski definition) is 1. The van der Waals surface area contributed by atoms with Gasteiger partial charge >= 0.3 is 0 Å². The summed E-state index contributed by atoms with van der Waals surface area (Å²) < 4.78 is 0. The highest BCUT2D eigenvalue weighted by molar-refractivity contribution is 4.95. The van der Waals surface area contributed by atoms with Gasteiger partial charge in [-0.2, -0.15) is 0 Å². The van der Waals surface area contributed by atoms with E-state index in [0.717, 1.165) is 11.8 Å². The first-order chi connectivity index (χ1) is 4.77. The van der Waals surface area contributed by atoms with Crippen LogP contribution in [-0.4, -0.2) is 31.1 Å². The average molecular weight is 140 g/mol. The molecular formula is C8H16N2. The molecule has 0 aromatic carbocycles. The van der Waals surface area contributed by atoms with Crippen molar-refractivity contribution in [3.05, 3.63) is 0 Å². The molecular weight excluding hydrogens is 124 g/mol. The molecule has 3 atom stereocenters. The smallest absolute Gasteiger partial charge is 0.00740 e. The lowest BCUT2D eigenvalue weighted by Gasteiger charge is -2.48. The Balaban J connectivity index is 1.93. The number of piperidine rings is 1. The van der Waals surface area contributed by atoms with Crippen LogP contribution in [0.5, 0.6) is 0 Å². The highest BCUT2D eigenvalue weighted by atomic mass is 15.1. The third-order valence-electron chi connectivity index (χ3n) is 3.12. The van der Waals surface area contributed by atoms with E-state index in [9.17, 15) is 0 Å². The maximum Gasteiger partial charge on any atom is 0.00740 e. The molecule has 1 saturated carbocycles. The van der Waals surface area contributed by atoms with Gasteiger partial charge in [-0.25, -0.2) is 0 Å². The molecule has 0 aromatic rings. The second kappa shape index (κ2) is 2.21. The molecule has 1 aliphatic heterocycles. The van der Waals surface area contributed by atoms with Gasteiger partial charge in [0.05, 0.1) is 0 Å². The second-order valence-electron chi connectivity index (χ2n) is 3.87. The van der Waals surface area contributed by atoms with Gasteiger partial charge in [0.15, 0.2) is 0 Å². The molecule has 0 bridgehead atoms. The van der Waals surface area contributed by atoms with Crippen LogP contribution in [-0.2, 0) is 0 Å². The van der Waals surface area contributed by atoms with Gasteiger partial charge in [-0.15, -0.1) is 0 Å². The highest BCUT2D eigenvalue weighted by Gasteiger charge is 2.40. The van der Waals surface area contributed by atoms with Crippen molar-refractivity contribution in [2.45, 2.75) is 18.9 Å². The molecule has 1 heterocycles. The van der Waals surface area contributed by atoms with Gasteiger partial charge in [0.2, 0.25) is 0 Å². The lowest BCUT2D eigenvalue weighted by molar-refractivity contribution is 0.0385. The van der Waals surface area contributed by atoms with E-state index >= 15 is 0 Å². The third-order valence-corrected chi connectivity index (χ3v) is 3.12. The first-order valence-corrected chi connectivity index (χ1v) is 4.21. The van der Waals surface area contributed by atoms with E-state index < -0.39 is 0 Å². The van der Waals surface area contributed by atoms with Crippen LogP contribution in [0.4, 0.5) is 0 Å². The monoisotopic (exact) mass is 140 g/mol. The number of hydrogen-bond acceptors (Lipinski definition) is 2. The van der Waals surface area contributed by atoms with Gasteiger partial charge in [-0.05, 0) is 38.3 Å². The van der Waals surface area contributed by atoms with Gasteiger partial charge in [-0.3, -0.25) is 0 Å². The predicted molar refractivity (Wildman–Crippen MR) is 41.7 cm³/mol. The summed E-state index contributed by atoms with van der Waals surface area (Å²) in [6.07, 6.45) is 2.61. The summed E-state index contributed by atoms with van der Waals surface area (Å²) in [6.45, 7) is 2.55. The van der Waals surface area contributed by atoms with Crippen LogP contribution >= 0.6 is 0 Å². The highest BCUT2D eigenvalue weighted by Crippen LogP contribution is 2.38. The van der Waals surface area contributed by atoms with Crippen molar-refractivity contribution in [2.24, 2.45) is 17.6 Å². The molecule has 0 spiro atoms. The van der Waals surface area contributed by atoms with E-state index in [2.05, 4.69) is 11.9 Å². The Kier molecular flexibility index (Phi) is 1.46. The number of nitrogens with zero attached hydrogens (tertiary/aromatic N) is 1. The lowest BCUT2D eigenvalue weighted by atomic mass is 9.66. The standard InChI is InChI=1S/C8H16N2/c1-10-3-2-7-6(5-10)4-8(7)9/h6-8H,2-5,9H2,1H3. The SMILES string of the molecule is CN1CCC2C(N)CC2C1. The zero-order chi connectivity index (χ0) is 7.14. The van der Waals surface area contributed by atoms with Crippen molar-refractivity contribution in [3.63, 3.8) is 0 Å². The molecule has 1 aliphatic carbocycles. The minimum atomic E-state index is 0.540. The largest absolute Gasteiger partial charge is 0.327 e. The average Bonchev–Trinajstić information content (AvgIpc) is 1.86. The normalized spacial score (nSPS) is 48.0. The van der Waals surface area contributed by atoms with Crippen LogP contribution in [0.2, 0.25) is 0 Å². The van der Waals surface area contributed by atoms with E-state index in [4.69, 9.17) is 5.73 Å². The summed E-state index contributed by atoms with van der Waals surface area (Å²) in [5, 5.41) is 0. The van der Waals surface area contributed by atoms with Gasteiger partial charge in [0.1, 0.15) is 0 Å². The predicted octanol–water partition coefficient (Wildman–Crippen LogP) is 0.285. The Morgan fingerprint density at radius 1 is 1.50 bits per heavy atom. The molecule has 2 fully saturated rings. The summed E-state index contributed by atoms with van der Waals surface area (Å²) >= 11 is 0. The molecule has 2 heteroatoms. The van der Waals surface area contributed by atoms with Crippen molar-refractivity contribution in [3.8, 4) is 0 Å². The van der Waals surface area contributed by atoms with E-state index in [1.165, 1.54) is 25.9 Å². The Labute approximate surface area is 62.4 Å². The fourth-order valence-corrected chi connectivity index (χ4v) is 2.37. The number of nitrogens with two attached hydrogens (primary N) is 1. The Bertz CT molecular complexity index is 133. The molecule has 2 nitrogen and oxygen atoms in total. The third kappa shape index (κ3) is 0.867. The first kappa shape index (κ1) is 6.62. The van der Waals surface area contributed by atoms with E-state index in [1.807, 2.05) is 0 Å². The summed E-state index contributed by atoms with van der Waals surface area (Å²) in [5.74, 6) is 1.81. The Hall–Kier alpha value is -0.0800. The van der Waals surface area contributed by atoms with Gasteiger partial charge in [0, 0.05) is 12.6 Å². The molecule has 0 aromatic heterocycles. The minimum Gasteiger partial charge on any atom is -0.327 e. The lowest BCUT2D eigenvalue weighted by Crippen LogP contribution is -2.55. The maximum atomic E-state index is 5.86. The summed E-state index contributed by atoms with van der Waals surface area (Å²) in [6, 6.07) is 0.540. The molecule has 1 saturated heterocycles. The van der Waals surface area contributed by atoms with Crippen LogP contribution in [0.3, 0.4) is 0 Å². The van der Waals surface area contributed by atoms with Gasteiger partial charge in [0.25, 0.3) is 0 Å². The molecule has 2 aliphatic rings. The summed E-state index contributed by atoms with van der Waals surface area (Å²) in [4.78, 5) is 2.42. The van der Waals surface area contributed by atoms with Crippen molar-refractivity contribution >= 4 is 0 Å². The van der Waals surface area contributed by atoms with Crippen LogP contribution in [0.1, 0.15) is 12.8 Å². The van der Waals surface area contributed by atoms with E-state index in [1.54, 1.807) is 0 Å². The summed E-state index contributed by atoms with van der Waals surface area (Å²) in [7, 11) is 2.21. The molecule has 3 unspecified atom stereocenters. The van der Waals surface area contributed by atoms with Gasteiger partial charge < -0.3 is 10.6 Å². The van der Waals surface area contributed by atoms with E-state index in [-0.39, 0.29) is 0 Å². The fraction of sp³-hybridized carbons (Fsp3) is 1.00. The zero-order valence-corrected chi connectivity index (χ0v) is 6.59. The minimum absolute atomic E-state index is 0.540. The van der Waals surface area contributed by atoms with Crippen molar-refractivity contribution in [1.82, 2.24) is 4.90 Å². The molecule has 10 heavy (non-hydrogen) atoms. The molecule has 58 valence electrons. The van der Waals surface area contributed by atoms with Crippen LogP contribution in [0.25, 0.3) is 0 Å². The molecule has 0 amide bonds. The van der Waals surface area contributed by atoms with Crippen LogP contribution < -0.4 is 5.73 Å². The van der Waals surface area contributed by atoms with Crippen molar-refractivity contribution in [2.75, 3.05) is 20.1 Å². The van der Waals surface area contributed by atoms with Crippen LogP contribution in [0, 0.1) is 11.8 Å². The van der Waals surface area contributed by atoms with Crippen molar-refractivity contribution in [1.29, 1.82) is 0 Å². The van der Waals surface area contributed by atoms with Crippen LogP contribution in [0.15, 0.2) is 0 Å². The number of fused-ring (bicyclic) bond motifs is 1.